The van der Waals surface area contributed by atoms with E-state index < -0.39 is 0 Å². The molecule has 0 atom stereocenters. The average Bonchev–Trinajstić information content (AvgIpc) is 2.17. The largest absolute Gasteiger partial charge is 0.0651 e. The standard InChI is InChI=1S/C15H24/c1-6-14(7-2)10-15-12(4)8-11(3)9-13(15)5/h8-9,14H,6-7,10H2,1-5H3. The molecule has 0 amide bonds. The predicted octanol–water partition coefficient (Wildman–Crippen LogP) is 4.59. The van der Waals surface area contributed by atoms with Gasteiger partial charge in [-0.2, -0.15) is 0 Å². The van der Waals surface area contributed by atoms with Crippen LogP contribution in [0, 0.1) is 26.7 Å². The van der Waals surface area contributed by atoms with E-state index in [9.17, 15) is 0 Å². The third kappa shape index (κ3) is 3.09. The van der Waals surface area contributed by atoms with Gasteiger partial charge in [0.2, 0.25) is 0 Å². The van der Waals surface area contributed by atoms with E-state index >= 15 is 0 Å². The second-order valence-electron chi connectivity index (χ2n) is 4.76. The summed E-state index contributed by atoms with van der Waals surface area (Å²) in [6.07, 6.45) is 3.84. The average molecular weight is 204 g/mol. The van der Waals surface area contributed by atoms with Crippen LogP contribution in [0.5, 0.6) is 0 Å². The van der Waals surface area contributed by atoms with Gasteiger partial charge in [-0.05, 0) is 49.8 Å². The summed E-state index contributed by atoms with van der Waals surface area (Å²) in [6.45, 7) is 11.3. The van der Waals surface area contributed by atoms with Crippen LogP contribution >= 0.6 is 0 Å². The van der Waals surface area contributed by atoms with Gasteiger partial charge >= 0.3 is 0 Å². The van der Waals surface area contributed by atoms with Crippen molar-refractivity contribution >= 4 is 0 Å². The maximum absolute atomic E-state index is 2.31. The van der Waals surface area contributed by atoms with Crippen molar-refractivity contribution in [2.75, 3.05) is 0 Å². The molecule has 84 valence electrons. The van der Waals surface area contributed by atoms with E-state index in [1.807, 2.05) is 0 Å². The normalized spacial score (nSPS) is 11.1. The van der Waals surface area contributed by atoms with Crippen molar-refractivity contribution in [1.82, 2.24) is 0 Å². The maximum Gasteiger partial charge on any atom is -0.0245 e. The first-order valence-corrected chi connectivity index (χ1v) is 6.15. The molecule has 1 rings (SSSR count). The SMILES string of the molecule is CCC(CC)Cc1c(C)cc(C)cc1C. The van der Waals surface area contributed by atoms with E-state index in [0.717, 1.165) is 5.92 Å². The smallest absolute Gasteiger partial charge is 0.0245 e. The molecule has 0 aliphatic heterocycles. The number of benzene rings is 1. The van der Waals surface area contributed by atoms with Crippen molar-refractivity contribution in [2.45, 2.75) is 53.9 Å². The van der Waals surface area contributed by atoms with Gasteiger partial charge in [-0.25, -0.2) is 0 Å². The van der Waals surface area contributed by atoms with Crippen LogP contribution in [0.1, 0.15) is 48.9 Å². The first kappa shape index (κ1) is 12.3. The van der Waals surface area contributed by atoms with Gasteiger partial charge in [0.05, 0.1) is 0 Å². The Kier molecular flexibility index (Phi) is 4.38. The Morgan fingerprint density at radius 3 is 1.80 bits per heavy atom. The molecule has 0 aliphatic carbocycles. The minimum absolute atomic E-state index is 0.852. The summed E-state index contributed by atoms with van der Waals surface area (Å²) in [5, 5.41) is 0. The van der Waals surface area contributed by atoms with E-state index in [1.54, 1.807) is 5.56 Å². The lowest BCUT2D eigenvalue weighted by atomic mass is 9.89. The van der Waals surface area contributed by atoms with E-state index in [2.05, 4.69) is 46.8 Å². The first-order valence-electron chi connectivity index (χ1n) is 6.15. The van der Waals surface area contributed by atoms with Crippen molar-refractivity contribution in [3.8, 4) is 0 Å². The molecule has 0 bridgehead atoms. The second-order valence-corrected chi connectivity index (χ2v) is 4.76. The third-order valence-corrected chi connectivity index (χ3v) is 3.49. The molecule has 0 N–H and O–H groups in total. The van der Waals surface area contributed by atoms with Crippen molar-refractivity contribution in [1.29, 1.82) is 0 Å². The highest BCUT2D eigenvalue weighted by Gasteiger charge is 2.09. The monoisotopic (exact) mass is 204 g/mol. The topological polar surface area (TPSA) is 0 Å². The number of hydrogen-bond donors (Lipinski definition) is 0. The molecule has 0 radical (unpaired) electrons. The summed E-state index contributed by atoms with van der Waals surface area (Å²) >= 11 is 0. The summed E-state index contributed by atoms with van der Waals surface area (Å²) in [4.78, 5) is 0. The van der Waals surface area contributed by atoms with Crippen LogP contribution in [0.3, 0.4) is 0 Å². The maximum atomic E-state index is 2.31. The van der Waals surface area contributed by atoms with Gasteiger partial charge in [0.25, 0.3) is 0 Å². The highest BCUT2D eigenvalue weighted by molar-refractivity contribution is 5.37. The van der Waals surface area contributed by atoms with Crippen LogP contribution in [0.2, 0.25) is 0 Å². The Morgan fingerprint density at radius 1 is 0.933 bits per heavy atom. The Labute approximate surface area is 94.7 Å². The highest BCUT2D eigenvalue weighted by atomic mass is 14.1. The molecule has 0 aliphatic rings. The fraction of sp³-hybridized carbons (Fsp3) is 0.600. The van der Waals surface area contributed by atoms with E-state index in [4.69, 9.17) is 0 Å². The van der Waals surface area contributed by atoms with Crippen molar-refractivity contribution in [2.24, 2.45) is 5.92 Å². The van der Waals surface area contributed by atoms with Gasteiger partial charge in [-0.3, -0.25) is 0 Å². The third-order valence-electron chi connectivity index (χ3n) is 3.49. The van der Waals surface area contributed by atoms with Crippen molar-refractivity contribution in [3.63, 3.8) is 0 Å². The fourth-order valence-electron chi connectivity index (χ4n) is 2.40. The Balaban J connectivity index is 2.94. The van der Waals surface area contributed by atoms with Crippen LogP contribution in [0.25, 0.3) is 0 Å². The van der Waals surface area contributed by atoms with Crippen LogP contribution in [-0.4, -0.2) is 0 Å². The summed E-state index contributed by atoms with van der Waals surface area (Å²) in [5.74, 6) is 0.852. The lowest BCUT2D eigenvalue weighted by Crippen LogP contribution is -2.05. The minimum atomic E-state index is 0.852. The second kappa shape index (κ2) is 5.34. The summed E-state index contributed by atoms with van der Waals surface area (Å²) < 4.78 is 0. The molecule has 1 aromatic rings. The molecule has 15 heavy (non-hydrogen) atoms. The van der Waals surface area contributed by atoms with E-state index in [0.29, 0.717) is 0 Å². The quantitative estimate of drug-likeness (QED) is 0.673. The molecule has 0 aromatic heterocycles. The number of hydrogen-bond acceptors (Lipinski definition) is 0. The van der Waals surface area contributed by atoms with Crippen molar-refractivity contribution in [3.05, 3.63) is 34.4 Å². The van der Waals surface area contributed by atoms with E-state index in [1.165, 1.54) is 36.0 Å². The molecule has 0 fully saturated rings. The Morgan fingerprint density at radius 2 is 1.40 bits per heavy atom. The molecular weight excluding hydrogens is 180 g/mol. The van der Waals surface area contributed by atoms with Crippen molar-refractivity contribution < 1.29 is 0 Å². The summed E-state index contributed by atoms with van der Waals surface area (Å²) in [6, 6.07) is 4.62. The van der Waals surface area contributed by atoms with Crippen LogP contribution in [0.15, 0.2) is 12.1 Å². The van der Waals surface area contributed by atoms with E-state index in [-0.39, 0.29) is 0 Å². The van der Waals surface area contributed by atoms with Gasteiger partial charge in [0, 0.05) is 0 Å². The Hall–Kier alpha value is -0.780. The lowest BCUT2D eigenvalue weighted by Gasteiger charge is -2.17. The first-order chi connectivity index (χ1) is 7.08. The lowest BCUT2D eigenvalue weighted by molar-refractivity contribution is 0.488. The summed E-state index contributed by atoms with van der Waals surface area (Å²) in [7, 11) is 0. The molecule has 0 unspecified atom stereocenters. The molecule has 0 saturated carbocycles. The van der Waals surface area contributed by atoms with Crippen LogP contribution in [-0.2, 0) is 6.42 Å². The summed E-state index contributed by atoms with van der Waals surface area (Å²) in [5.41, 5.74) is 5.91. The zero-order chi connectivity index (χ0) is 11.4. The zero-order valence-corrected chi connectivity index (χ0v) is 10.9. The molecule has 0 heteroatoms. The highest BCUT2D eigenvalue weighted by Crippen LogP contribution is 2.22. The molecule has 0 nitrogen and oxygen atoms in total. The Bertz CT molecular complexity index is 296. The van der Waals surface area contributed by atoms with Crippen LogP contribution < -0.4 is 0 Å². The van der Waals surface area contributed by atoms with Gasteiger partial charge < -0.3 is 0 Å². The minimum Gasteiger partial charge on any atom is -0.0651 e. The molecule has 0 spiro atoms. The van der Waals surface area contributed by atoms with Crippen LogP contribution in [0.4, 0.5) is 0 Å². The molecule has 1 aromatic carbocycles. The predicted molar refractivity (Wildman–Crippen MR) is 68.4 cm³/mol. The zero-order valence-electron chi connectivity index (χ0n) is 10.9. The van der Waals surface area contributed by atoms with Gasteiger partial charge in [0.1, 0.15) is 0 Å². The fourth-order valence-corrected chi connectivity index (χ4v) is 2.40. The van der Waals surface area contributed by atoms with Gasteiger partial charge in [0.15, 0.2) is 0 Å². The number of rotatable bonds is 4. The molecule has 0 saturated heterocycles. The van der Waals surface area contributed by atoms with Gasteiger partial charge in [-0.1, -0.05) is 44.4 Å². The molecular formula is C15H24. The number of aryl methyl sites for hydroxylation is 3. The van der Waals surface area contributed by atoms with Gasteiger partial charge in [-0.15, -0.1) is 0 Å². The molecule has 0 heterocycles.